The second-order valence-electron chi connectivity index (χ2n) is 3.60. The minimum Gasteiger partial charge on any atom is -0.249 e. The summed E-state index contributed by atoms with van der Waals surface area (Å²) in [4.78, 5) is 4.18. The number of fused-ring (bicyclic) bond motifs is 3. The predicted octanol–water partition coefficient (Wildman–Crippen LogP) is 4.29. The topological polar surface area (TPSA) is 12.9 Å². The molecule has 16 heavy (non-hydrogen) atoms. The molecule has 2 aromatic carbocycles. The van der Waals surface area contributed by atoms with Crippen LogP contribution in [-0.4, -0.2) is 4.98 Å². The van der Waals surface area contributed by atoms with Crippen molar-refractivity contribution in [3.05, 3.63) is 53.0 Å². The smallest absolute Gasteiger partial charge is 0.131 e. The van der Waals surface area contributed by atoms with Gasteiger partial charge in [-0.15, -0.1) is 0 Å². The third kappa shape index (κ3) is 1.32. The Bertz CT molecular complexity index is 694. The summed E-state index contributed by atoms with van der Waals surface area (Å²) in [5.41, 5.74) is 0. The van der Waals surface area contributed by atoms with Gasteiger partial charge in [0.2, 0.25) is 0 Å². The third-order valence-corrected chi connectivity index (χ3v) is 3.27. The molecular formula is C13H7BrFN. The molecule has 0 aliphatic heterocycles. The van der Waals surface area contributed by atoms with Gasteiger partial charge in [-0.25, -0.2) is 9.37 Å². The van der Waals surface area contributed by atoms with E-state index in [-0.39, 0.29) is 5.82 Å². The highest BCUT2D eigenvalue weighted by atomic mass is 79.9. The monoisotopic (exact) mass is 275 g/mol. The number of hydrogen-bond acceptors (Lipinski definition) is 1. The normalized spacial score (nSPS) is 11.1. The van der Waals surface area contributed by atoms with Crippen molar-refractivity contribution in [1.82, 2.24) is 4.98 Å². The molecule has 0 spiro atoms. The number of halogens is 2. The quantitative estimate of drug-likeness (QED) is 0.441. The Balaban J connectivity index is 2.67. The lowest BCUT2D eigenvalue weighted by Gasteiger charge is -2.06. The SMILES string of the molecule is Fc1cc2ccnc(Br)c2c2ccccc12. The first-order chi connectivity index (χ1) is 7.77. The van der Waals surface area contributed by atoms with Crippen LogP contribution in [-0.2, 0) is 0 Å². The summed E-state index contributed by atoms with van der Waals surface area (Å²) in [6, 6.07) is 10.8. The molecular weight excluding hydrogens is 269 g/mol. The number of rotatable bonds is 0. The second kappa shape index (κ2) is 3.52. The maximum Gasteiger partial charge on any atom is 0.131 e. The van der Waals surface area contributed by atoms with E-state index in [4.69, 9.17) is 0 Å². The van der Waals surface area contributed by atoms with E-state index in [0.29, 0.717) is 5.39 Å². The highest BCUT2D eigenvalue weighted by Gasteiger charge is 2.08. The van der Waals surface area contributed by atoms with E-state index in [9.17, 15) is 4.39 Å². The third-order valence-electron chi connectivity index (χ3n) is 2.67. The van der Waals surface area contributed by atoms with Gasteiger partial charge < -0.3 is 0 Å². The molecule has 3 heteroatoms. The fourth-order valence-electron chi connectivity index (χ4n) is 1.96. The summed E-state index contributed by atoms with van der Waals surface area (Å²) in [5.74, 6) is -0.193. The van der Waals surface area contributed by atoms with Gasteiger partial charge in [0.05, 0.1) is 0 Å². The van der Waals surface area contributed by atoms with Gasteiger partial charge in [0.1, 0.15) is 10.4 Å². The second-order valence-corrected chi connectivity index (χ2v) is 4.35. The average molecular weight is 276 g/mol. The van der Waals surface area contributed by atoms with Gasteiger partial charge in [-0.05, 0) is 38.8 Å². The van der Waals surface area contributed by atoms with Crippen LogP contribution >= 0.6 is 15.9 Å². The molecule has 1 heterocycles. The molecule has 1 aromatic heterocycles. The average Bonchev–Trinajstić information content (AvgIpc) is 2.29. The Morgan fingerprint density at radius 3 is 2.62 bits per heavy atom. The molecule has 3 aromatic rings. The number of benzene rings is 2. The first-order valence-electron chi connectivity index (χ1n) is 4.89. The Hall–Kier alpha value is -1.48. The van der Waals surface area contributed by atoms with E-state index in [1.807, 2.05) is 24.3 Å². The number of aromatic nitrogens is 1. The lowest BCUT2D eigenvalue weighted by molar-refractivity contribution is 0.641. The summed E-state index contributed by atoms with van der Waals surface area (Å²) < 4.78 is 14.6. The van der Waals surface area contributed by atoms with Crippen LogP contribution < -0.4 is 0 Å². The van der Waals surface area contributed by atoms with Crippen molar-refractivity contribution in [2.24, 2.45) is 0 Å². The van der Waals surface area contributed by atoms with Gasteiger partial charge >= 0.3 is 0 Å². The number of pyridine rings is 1. The van der Waals surface area contributed by atoms with Crippen molar-refractivity contribution in [1.29, 1.82) is 0 Å². The van der Waals surface area contributed by atoms with Crippen molar-refractivity contribution >= 4 is 37.5 Å². The molecule has 0 fully saturated rings. The number of nitrogens with zero attached hydrogens (tertiary/aromatic N) is 1. The molecule has 3 rings (SSSR count). The summed E-state index contributed by atoms with van der Waals surface area (Å²) in [6.07, 6.45) is 1.67. The maximum absolute atomic E-state index is 13.8. The number of hydrogen-bond donors (Lipinski definition) is 0. The maximum atomic E-state index is 13.8. The van der Waals surface area contributed by atoms with Gasteiger partial charge in [0.25, 0.3) is 0 Å². The Labute approximate surface area is 100 Å². The van der Waals surface area contributed by atoms with E-state index in [0.717, 1.165) is 20.8 Å². The van der Waals surface area contributed by atoms with Crippen molar-refractivity contribution < 1.29 is 4.39 Å². The van der Waals surface area contributed by atoms with E-state index in [2.05, 4.69) is 20.9 Å². The predicted molar refractivity (Wildman–Crippen MR) is 66.9 cm³/mol. The standard InChI is InChI=1S/C13H7BrFN/c14-13-12-8(5-6-16-13)7-11(15)9-3-1-2-4-10(9)12/h1-7H. The lowest BCUT2D eigenvalue weighted by Crippen LogP contribution is -1.85. The van der Waals surface area contributed by atoms with Crippen LogP contribution in [0.2, 0.25) is 0 Å². The van der Waals surface area contributed by atoms with E-state index >= 15 is 0 Å². The molecule has 0 radical (unpaired) electrons. The van der Waals surface area contributed by atoms with Gasteiger partial charge in [-0.3, -0.25) is 0 Å². The van der Waals surface area contributed by atoms with Crippen LogP contribution in [0.15, 0.2) is 47.2 Å². The van der Waals surface area contributed by atoms with Gasteiger partial charge in [-0.1, -0.05) is 24.3 Å². The van der Waals surface area contributed by atoms with Crippen LogP contribution in [0.5, 0.6) is 0 Å². The fourth-order valence-corrected chi connectivity index (χ4v) is 2.52. The van der Waals surface area contributed by atoms with Crippen molar-refractivity contribution in [2.75, 3.05) is 0 Å². The van der Waals surface area contributed by atoms with Gasteiger partial charge in [0, 0.05) is 17.0 Å². The largest absolute Gasteiger partial charge is 0.249 e. The van der Waals surface area contributed by atoms with Gasteiger partial charge in [-0.2, -0.15) is 0 Å². The minimum absolute atomic E-state index is 0.193. The summed E-state index contributed by atoms with van der Waals surface area (Å²) >= 11 is 3.41. The Kier molecular flexibility index (Phi) is 2.14. The Morgan fingerprint density at radius 2 is 1.81 bits per heavy atom. The van der Waals surface area contributed by atoms with E-state index < -0.39 is 0 Å². The summed E-state index contributed by atoms with van der Waals surface area (Å²) in [6.45, 7) is 0. The minimum atomic E-state index is -0.193. The summed E-state index contributed by atoms with van der Waals surface area (Å²) in [5, 5.41) is 3.33. The summed E-state index contributed by atoms with van der Waals surface area (Å²) in [7, 11) is 0. The molecule has 0 atom stereocenters. The molecule has 0 amide bonds. The molecule has 0 aliphatic carbocycles. The van der Waals surface area contributed by atoms with Crippen LogP contribution in [0.4, 0.5) is 4.39 Å². The van der Waals surface area contributed by atoms with Gasteiger partial charge in [0.15, 0.2) is 0 Å². The molecule has 0 unspecified atom stereocenters. The molecule has 0 bridgehead atoms. The molecule has 0 aliphatic rings. The highest BCUT2D eigenvalue weighted by Crippen LogP contribution is 2.31. The van der Waals surface area contributed by atoms with Crippen LogP contribution in [0, 0.1) is 5.82 Å². The van der Waals surface area contributed by atoms with E-state index in [1.54, 1.807) is 18.3 Å². The fraction of sp³-hybridized carbons (Fsp3) is 0. The first-order valence-corrected chi connectivity index (χ1v) is 5.68. The molecule has 0 saturated heterocycles. The zero-order valence-electron chi connectivity index (χ0n) is 8.24. The zero-order valence-corrected chi connectivity index (χ0v) is 9.83. The lowest BCUT2D eigenvalue weighted by atomic mass is 10.0. The highest BCUT2D eigenvalue weighted by molar-refractivity contribution is 9.10. The van der Waals surface area contributed by atoms with Crippen LogP contribution in [0.3, 0.4) is 0 Å². The molecule has 1 nitrogen and oxygen atoms in total. The van der Waals surface area contributed by atoms with E-state index in [1.165, 1.54) is 0 Å². The molecule has 78 valence electrons. The van der Waals surface area contributed by atoms with Crippen molar-refractivity contribution in [2.45, 2.75) is 0 Å². The Morgan fingerprint density at radius 1 is 1.06 bits per heavy atom. The van der Waals surface area contributed by atoms with Crippen molar-refractivity contribution in [3.63, 3.8) is 0 Å². The van der Waals surface area contributed by atoms with Crippen LogP contribution in [0.1, 0.15) is 0 Å². The zero-order chi connectivity index (χ0) is 11.1. The molecule has 0 N–H and O–H groups in total. The molecule has 0 saturated carbocycles. The first kappa shape index (κ1) is 9.73. The van der Waals surface area contributed by atoms with Crippen LogP contribution in [0.25, 0.3) is 21.5 Å². The van der Waals surface area contributed by atoms with Crippen molar-refractivity contribution in [3.8, 4) is 0 Å².